The first-order valence-corrected chi connectivity index (χ1v) is 9.08. The molecule has 0 spiro atoms. The molecule has 4 aromatic rings. The van der Waals surface area contributed by atoms with Crippen LogP contribution in [0.5, 0.6) is 0 Å². The maximum atomic E-state index is 12.2. The van der Waals surface area contributed by atoms with E-state index in [1.807, 2.05) is 24.3 Å². The number of hydrogen-bond acceptors (Lipinski definition) is 6. The predicted octanol–water partition coefficient (Wildman–Crippen LogP) is 2.96. The van der Waals surface area contributed by atoms with Gasteiger partial charge in [-0.1, -0.05) is 17.7 Å². The van der Waals surface area contributed by atoms with Crippen molar-refractivity contribution in [3.8, 4) is 0 Å². The smallest absolute Gasteiger partial charge is 0.251 e. The summed E-state index contributed by atoms with van der Waals surface area (Å²) in [5.74, 6) is 1.95. The van der Waals surface area contributed by atoms with Gasteiger partial charge < -0.3 is 15.1 Å². The number of anilines is 1. The quantitative estimate of drug-likeness (QED) is 0.498. The number of fused-ring (bicyclic) bond motifs is 1. The van der Waals surface area contributed by atoms with Gasteiger partial charge >= 0.3 is 0 Å². The maximum absolute atomic E-state index is 12.2. The van der Waals surface area contributed by atoms with E-state index in [2.05, 4.69) is 25.9 Å². The Morgan fingerprint density at radius 1 is 1.14 bits per heavy atom. The summed E-state index contributed by atoms with van der Waals surface area (Å²) in [5, 5.41) is 19.4. The van der Waals surface area contributed by atoms with Crippen LogP contribution in [0.4, 0.5) is 5.82 Å². The van der Waals surface area contributed by atoms with Gasteiger partial charge in [0.25, 0.3) is 5.91 Å². The Bertz CT molecular complexity index is 1090. The summed E-state index contributed by atoms with van der Waals surface area (Å²) >= 11 is 5.92. The molecule has 8 nitrogen and oxygen atoms in total. The molecule has 0 saturated carbocycles. The molecule has 0 aliphatic carbocycles. The van der Waals surface area contributed by atoms with Crippen molar-refractivity contribution in [1.82, 2.24) is 25.1 Å². The molecule has 1 amide bonds. The first-order valence-electron chi connectivity index (χ1n) is 8.70. The van der Waals surface area contributed by atoms with Gasteiger partial charge in [-0.2, -0.15) is 4.52 Å². The Kier molecular flexibility index (Phi) is 5.20. The van der Waals surface area contributed by atoms with Crippen LogP contribution in [0.15, 0.2) is 59.2 Å². The van der Waals surface area contributed by atoms with Crippen LogP contribution in [-0.4, -0.2) is 32.3 Å². The molecule has 0 unspecified atom stereocenters. The molecule has 0 saturated heterocycles. The van der Waals surface area contributed by atoms with Gasteiger partial charge in [-0.25, -0.2) is 0 Å². The van der Waals surface area contributed by atoms with Crippen LogP contribution in [0.25, 0.3) is 5.65 Å². The number of nitrogens with zero attached hydrogens (tertiary/aromatic N) is 4. The fraction of sp³-hybridized carbons (Fsp3) is 0.158. The van der Waals surface area contributed by atoms with E-state index in [1.165, 1.54) is 0 Å². The Hall–Kier alpha value is -3.39. The molecule has 0 atom stereocenters. The average Bonchev–Trinajstić information content (AvgIpc) is 3.36. The molecule has 9 heteroatoms. The van der Waals surface area contributed by atoms with Gasteiger partial charge in [-0.05, 0) is 42.5 Å². The molecular formula is C19H17ClN6O2. The normalized spacial score (nSPS) is 10.9. The highest BCUT2D eigenvalue weighted by atomic mass is 35.5. The van der Waals surface area contributed by atoms with E-state index in [-0.39, 0.29) is 5.91 Å². The van der Waals surface area contributed by atoms with Crippen molar-refractivity contribution in [3.63, 3.8) is 0 Å². The summed E-state index contributed by atoms with van der Waals surface area (Å²) in [6.45, 7) is 0.927. The molecule has 4 rings (SSSR count). The first kappa shape index (κ1) is 18.0. The molecule has 0 fully saturated rings. The van der Waals surface area contributed by atoms with Gasteiger partial charge in [-0.15, -0.1) is 15.3 Å². The number of hydrogen-bond donors (Lipinski definition) is 2. The minimum atomic E-state index is -0.190. The van der Waals surface area contributed by atoms with Crippen molar-refractivity contribution in [3.05, 3.63) is 77.0 Å². The van der Waals surface area contributed by atoms with Crippen molar-refractivity contribution in [2.45, 2.75) is 13.0 Å². The van der Waals surface area contributed by atoms with E-state index >= 15 is 0 Å². The molecule has 142 valence electrons. The fourth-order valence-corrected chi connectivity index (χ4v) is 2.88. The van der Waals surface area contributed by atoms with Crippen molar-refractivity contribution in [2.75, 3.05) is 11.9 Å². The summed E-state index contributed by atoms with van der Waals surface area (Å²) in [7, 11) is 0. The third-order valence-electron chi connectivity index (χ3n) is 4.07. The zero-order valence-corrected chi connectivity index (χ0v) is 15.6. The fourth-order valence-electron chi connectivity index (χ4n) is 2.69. The summed E-state index contributed by atoms with van der Waals surface area (Å²) in [6, 6.07) is 14.2. The van der Waals surface area contributed by atoms with E-state index in [9.17, 15) is 4.79 Å². The Morgan fingerprint density at radius 2 is 2.07 bits per heavy atom. The lowest BCUT2D eigenvalue weighted by atomic mass is 10.2. The van der Waals surface area contributed by atoms with E-state index in [0.29, 0.717) is 47.4 Å². The zero-order chi connectivity index (χ0) is 19.3. The van der Waals surface area contributed by atoms with Gasteiger partial charge in [0, 0.05) is 23.6 Å². The highest BCUT2D eigenvalue weighted by Crippen LogP contribution is 2.11. The van der Waals surface area contributed by atoms with Crippen LogP contribution in [0.2, 0.25) is 5.02 Å². The third kappa shape index (κ3) is 4.12. The number of furan rings is 1. The SMILES string of the molecule is O=C(NCCc1nnc2ccc(NCc3ccco3)nn12)c1cccc(Cl)c1. The van der Waals surface area contributed by atoms with Gasteiger partial charge in [0.2, 0.25) is 0 Å². The van der Waals surface area contributed by atoms with Crippen molar-refractivity contribution in [2.24, 2.45) is 0 Å². The number of carbonyl (C=O) groups excluding carboxylic acids is 1. The summed E-state index contributed by atoms with van der Waals surface area (Å²) in [5.41, 5.74) is 1.15. The Balaban J connectivity index is 1.39. The third-order valence-corrected chi connectivity index (χ3v) is 4.31. The second-order valence-corrected chi connectivity index (χ2v) is 6.49. The van der Waals surface area contributed by atoms with Crippen LogP contribution >= 0.6 is 11.6 Å². The van der Waals surface area contributed by atoms with E-state index < -0.39 is 0 Å². The van der Waals surface area contributed by atoms with E-state index in [1.54, 1.807) is 35.0 Å². The number of nitrogens with one attached hydrogen (secondary N) is 2. The summed E-state index contributed by atoms with van der Waals surface area (Å²) < 4.78 is 6.96. The van der Waals surface area contributed by atoms with Crippen LogP contribution in [-0.2, 0) is 13.0 Å². The first-order chi connectivity index (χ1) is 13.7. The van der Waals surface area contributed by atoms with Gasteiger partial charge in [-0.3, -0.25) is 4.79 Å². The summed E-state index contributed by atoms with van der Waals surface area (Å²) in [6.07, 6.45) is 2.12. The number of rotatable bonds is 7. The minimum absolute atomic E-state index is 0.190. The molecule has 3 aromatic heterocycles. The molecule has 3 heterocycles. The molecular weight excluding hydrogens is 380 g/mol. The second kappa shape index (κ2) is 8.10. The van der Waals surface area contributed by atoms with E-state index in [0.717, 1.165) is 5.76 Å². The highest BCUT2D eigenvalue weighted by molar-refractivity contribution is 6.30. The van der Waals surface area contributed by atoms with Gasteiger partial charge in [0.1, 0.15) is 11.6 Å². The van der Waals surface area contributed by atoms with Crippen LogP contribution in [0.1, 0.15) is 21.9 Å². The molecule has 0 aliphatic rings. The van der Waals surface area contributed by atoms with Crippen LogP contribution in [0.3, 0.4) is 0 Å². The minimum Gasteiger partial charge on any atom is -0.467 e. The van der Waals surface area contributed by atoms with Crippen molar-refractivity contribution < 1.29 is 9.21 Å². The molecule has 0 bridgehead atoms. The lowest BCUT2D eigenvalue weighted by Crippen LogP contribution is -2.26. The number of aromatic nitrogens is 4. The molecule has 0 radical (unpaired) electrons. The van der Waals surface area contributed by atoms with Crippen molar-refractivity contribution >= 4 is 29.0 Å². The average molecular weight is 397 g/mol. The Labute approximate surface area is 165 Å². The number of benzene rings is 1. The van der Waals surface area contributed by atoms with Crippen LogP contribution < -0.4 is 10.6 Å². The monoisotopic (exact) mass is 396 g/mol. The topological polar surface area (TPSA) is 97.3 Å². The number of carbonyl (C=O) groups is 1. The molecule has 1 aromatic carbocycles. The standard InChI is InChI=1S/C19H17ClN6O2/c20-14-4-1-3-13(11-14)19(27)21-9-8-18-24-23-17-7-6-16(25-26(17)18)22-12-15-5-2-10-28-15/h1-7,10-11H,8-9,12H2,(H,21,27)(H,22,25). The van der Waals surface area contributed by atoms with E-state index in [4.69, 9.17) is 16.0 Å². The number of halogens is 1. The van der Waals surface area contributed by atoms with Gasteiger partial charge in [0.05, 0.1) is 12.8 Å². The number of amides is 1. The highest BCUT2D eigenvalue weighted by Gasteiger charge is 2.10. The summed E-state index contributed by atoms with van der Waals surface area (Å²) in [4.78, 5) is 12.2. The largest absolute Gasteiger partial charge is 0.467 e. The molecule has 2 N–H and O–H groups in total. The van der Waals surface area contributed by atoms with Crippen LogP contribution in [0, 0.1) is 0 Å². The molecule has 0 aliphatic heterocycles. The maximum Gasteiger partial charge on any atom is 0.251 e. The molecule has 28 heavy (non-hydrogen) atoms. The Morgan fingerprint density at radius 3 is 2.89 bits per heavy atom. The lowest BCUT2D eigenvalue weighted by molar-refractivity contribution is 0.0954. The lowest BCUT2D eigenvalue weighted by Gasteiger charge is -2.06. The van der Waals surface area contributed by atoms with Crippen molar-refractivity contribution in [1.29, 1.82) is 0 Å². The second-order valence-electron chi connectivity index (χ2n) is 6.05. The predicted molar refractivity (Wildman–Crippen MR) is 104 cm³/mol. The van der Waals surface area contributed by atoms with Gasteiger partial charge in [0.15, 0.2) is 11.5 Å². The zero-order valence-electron chi connectivity index (χ0n) is 14.8.